The highest BCUT2D eigenvalue weighted by Crippen LogP contribution is 2.37. The molecule has 0 aliphatic carbocycles. The average molecular weight is 308 g/mol. The van der Waals surface area contributed by atoms with Gasteiger partial charge in [-0.2, -0.15) is 0 Å². The second kappa shape index (κ2) is 6.70. The van der Waals surface area contributed by atoms with Crippen LogP contribution >= 0.6 is 11.6 Å². The predicted octanol–water partition coefficient (Wildman–Crippen LogP) is 3.31. The van der Waals surface area contributed by atoms with Crippen molar-refractivity contribution in [1.82, 2.24) is 0 Å². The van der Waals surface area contributed by atoms with E-state index in [4.69, 9.17) is 26.8 Å². The van der Waals surface area contributed by atoms with Gasteiger partial charge in [0.25, 0.3) is 0 Å². The Kier molecular flexibility index (Phi) is 4.94. The maximum Gasteiger partial charge on any atom is 0.179 e. The molecule has 0 aliphatic rings. The highest BCUT2D eigenvalue weighted by molar-refractivity contribution is 6.32. The maximum absolute atomic E-state index is 9.29. The summed E-state index contributed by atoms with van der Waals surface area (Å²) in [6.07, 6.45) is 0.631. The van der Waals surface area contributed by atoms with Crippen molar-refractivity contribution in [3.63, 3.8) is 0 Å². The zero-order chi connectivity index (χ0) is 15.4. The molecular weight excluding hydrogens is 290 g/mol. The van der Waals surface area contributed by atoms with E-state index in [1.807, 2.05) is 18.2 Å². The molecule has 4 nitrogen and oxygen atoms in total. The second-order valence-electron chi connectivity index (χ2n) is 4.72. The molecule has 0 bridgehead atoms. The minimum atomic E-state index is -0.230. The van der Waals surface area contributed by atoms with Crippen molar-refractivity contribution in [3.05, 3.63) is 52.5 Å². The molecule has 3 N–H and O–H groups in total. The van der Waals surface area contributed by atoms with Gasteiger partial charge >= 0.3 is 0 Å². The monoisotopic (exact) mass is 307 g/mol. The number of hydrogen-bond donors (Lipinski definition) is 2. The van der Waals surface area contributed by atoms with Crippen LogP contribution in [0.2, 0.25) is 5.02 Å². The molecule has 0 radical (unpaired) electrons. The van der Waals surface area contributed by atoms with E-state index in [9.17, 15) is 5.11 Å². The predicted molar refractivity (Wildman–Crippen MR) is 83.3 cm³/mol. The van der Waals surface area contributed by atoms with Crippen LogP contribution in [0.25, 0.3) is 0 Å². The van der Waals surface area contributed by atoms with Gasteiger partial charge in [0.15, 0.2) is 11.5 Å². The lowest BCUT2D eigenvalue weighted by atomic mass is 9.99. The van der Waals surface area contributed by atoms with Gasteiger partial charge in [-0.15, -0.1) is 0 Å². The van der Waals surface area contributed by atoms with E-state index in [1.165, 1.54) is 0 Å². The van der Waals surface area contributed by atoms with E-state index in [0.29, 0.717) is 22.9 Å². The lowest BCUT2D eigenvalue weighted by molar-refractivity contribution is 0.354. The Morgan fingerprint density at radius 2 is 1.81 bits per heavy atom. The Morgan fingerprint density at radius 3 is 2.38 bits per heavy atom. The van der Waals surface area contributed by atoms with Crippen LogP contribution in [0.1, 0.15) is 17.2 Å². The lowest BCUT2D eigenvalue weighted by Crippen LogP contribution is -2.13. The fourth-order valence-corrected chi connectivity index (χ4v) is 2.45. The van der Waals surface area contributed by atoms with Crippen LogP contribution in [-0.4, -0.2) is 19.3 Å². The van der Waals surface area contributed by atoms with Gasteiger partial charge in [0, 0.05) is 6.04 Å². The lowest BCUT2D eigenvalue weighted by Gasteiger charge is -2.16. The van der Waals surface area contributed by atoms with E-state index < -0.39 is 0 Å². The van der Waals surface area contributed by atoms with E-state index in [-0.39, 0.29) is 11.8 Å². The van der Waals surface area contributed by atoms with Gasteiger partial charge < -0.3 is 20.3 Å². The van der Waals surface area contributed by atoms with Crippen LogP contribution in [0.5, 0.6) is 17.2 Å². The zero-order valence-electron chi connectivity index (χ0n) is 12.0. The number of aromatic hydroxyl groups is 1. The van der Waals surface area contributed by atoms with Crippen LogP contribution in [-0.2, 0) is 6.42 Å². The summed E-state index contributed by atoms with van der Waals surface area (Å²) in [6, 6.07) is 10.4. The molecular formula is C16H18ClNO3. The summed E-state index contributed by atoms with van der Waals surface area (Å²) in [7, 11) is 3.10. The molecule has 2 rings (SSSR count). The molecule has 1 atom stereocenters. The number of rotatable bonds is 5. The van der Waals surface area contributed by atoms with Crippen molar-refractivity contribution < 1.29 is 14.6 Å². The normalized spacial score (nSPS) is 12.0. The first-order valence-electron chi connectivity index (χ1n) is 6.50. The van der Waals surface area contributed by atoms with Crippen molar-refractivity contribution >= 4 is 11.6 Å². The first-order chi connectivity index (χ1) is 10.0. The third kappa shape index (κ3) is 3.60. The Balaban J connectivity index is 2.24. The molecule has 0 aromatic heterocycles. The summed E-state index contributed by atoms with van der Waals surface area (Å²) in [5.41, 5.74) is 8.13. The molecule has 0 fully saturated rings. The minimum Gasteiger partial charge on any atom is -0.508 e. The quantitative estimate of drug-likeness (QED) is 0.889. The molecule has 2 aromatic carbocycles. The van der Waals surface area contributed by atoms with Crippen LogP contribution < -0.4 is 15.2 Å². The van der Waals surface area contributed by atoms with Crippen LogP contribution in [0, 0.1) is 0 Å². The third-order valence-electron chi connectivity index (χ3n) is 3.28. The van der Waals surface area contributed by atoms with Gasteiger partial charge in [-0.3, -0.25) is 0 Å². The maximum atomic E-state index is 9.29. The smallest absolute Gasteiger partial charge is 0.179 e. The molecule has 5 heteroatoms. The first-order valence-corrected chi connectivity index (χ1v) is 6.88. The highest BCUT2D eigenvalue weighted by atomic mass is 35.5. The molecule has 0 amide bonds. The van der Waals surface area contributed by atoms with Gasteiger partial charge in [-0.1, -0.05) is 23.7 Å². The van der Waals surface area contributed by atoms with Crippen molar-refractivity contribution in [3.8, 4) is 17.2 Å². The highest BCUT2D eigenvalue weighted by Gasteiger charge is 2.15. The molecule has 0 saturated carbocycles. The van der Waals surface area contributed by atoms with Crippen molar-refractivity contribution in [2.75, 3.05) is 14.2 Å². The zero-order valence-corrected chi connectivity index (χ0v) is 12.7. The van der Waals surface area contributed by atoms with Gasteiger partial charge in [0.1, 0.15) is 5.75 Å². The Labute approximate surface area is 129 Å². The molecule has 0 spiro atoms. The standard InChI is InChI=1S/C16H18ClNO3/c1-20-15-9-11(8-13(17)16(15)21-2)14(18)7-10-3-5-12(19)6-4-10/h3-6,8-9,14,19H,7,18H2,1-2H3. The summed E-state index contributed by atoms with van der Waals surface area (Å²) in [5.74, 6) is 1.29. The fraction of sp³-hybridized carbons (Fsp3) is 0.250. The van der Waals surface area contributed by atoms with Crippen LogP contribution in [0.15, 0.2) is 36.4 Å². The van der Waals surface area contributed by atoms with Crippen molar-refractivity contribution in [2.24, 2.45) is 5.73 Å². The number of benzene rings is 2. The van der Waals surface area contributed by atoms with E-state index in [1.54, 1.807) is 32.4 Å². The molecule has 21 heavy (non-hydrogen) atoms. The number of phenols is 1. The third-order valence-corrected chi connectivity index (χ3v) is 3.56. The molecule has 2 aromatic rings. The van der Waals surface area contributed by atoms with Crippen molar-refractivity contribution in [2.45, 2.75) is 12.5 Å². The molecule has 0 heterocycles. The largest absolute Gasteiger partial charge is 0.508 e. The second-order valence-corrected chi connectivity index (χ2v) is 5.12. The number of halogens is 1. The molecule has 112 valence electrons. The summed E-state index contributed by atoms with van der Waals surface area (Å²) in [6.45, 7) is 0. The summed E-state index contributed by atoms with van der Waals surface area (Å²) in [5, 5.41) is 9.76. The number of ether oxygens (including phenoxy) is 2. The Morgan fingerprint density at radius 1 is 1.14 bits per heavy atom. The van der Waals surface area contributed by atoms with Gasteiger partial charge in [-0.05, 0) is 41.8 Å². The molecule has 1 unspecified atom stereocenters. The summed E-state index contributed by atoms with van der Waals surface area (Å²) < 4.78 is 10.5. The topological polar surface area (TPSA) is 64.7 Å². The number of nitrogens with two attached hydrogens (primary N) is 1. The van der Waals surface area contributed by atoms with Crippen LogP contribution in [0.4, 0.5) is 0 Å². The molecule has 0 aliphatic heterocycles. The minimum absolute atomic E-state index is 0.230. The summed E-state index contributed by atoms with van der Waals surface area (Å²) >= 11 is 6.19. The van der Waals surface area contributed by atoms with Crippen LogP contribution in [0.3, 0.4) is 0 Å². The van der Waals surface area contributed by atoms with Crippen molar-refractivity contribution in [1.29, 1.82) is 0 Å². The van der Waals surface area contributed by atoms with E-state index in [0.717, 1.165) is 11.1 Å². The Hall–Kier alpha value is -1.91. The fourth-order valence-electron chi connectivity index (χ4n) is 2.16. The van der Waals surface area contributed by atoms with Gasteiger partial charge in [-0.25, -0.2) is 0 Å². The Bertz CT molecular complexity index is 614. The SMILES string of the molecule is COc1cc(C(N)Cc2ccc(O)cc2)cc(Cl)c1OC. The number of hydrogen-bond acceptors (Lipinski definition) is 4. The molecule has 0 saturated heterocycles. The van der Waals surface area contributed by atoms with E-state index >= 15 is 0 Å². The van der Waals surface area contributed by atoms with E-state index in [2.05, 4.69) is 0 Å². The average Bonchev–Trinajstić information content (AvgIpc) is 2.48. The number of methoxy groups -OCH3 is 2. The number of phenolic OH excluding ortho intramolecular Hbond substituents is 1. The summed E-state index contributed by atoms with van der Waals surface area (Å²) in [4.78, 5) is 0. The first kappa shape index (κ1) is 15.5. The van der Waals surface area contributed by atoms with Gasteiger partial charge in [0.05, 0.1) is 19.2 Å². The van der Waals surface area contributed by atoms with Gasteiger partial charge in [0.2, 0.25) is 0 Å².